The van der Waals surface area contributed by atoms with Gasteiger partial charge in [-0.25, -0.2) is 0 Å². The quantitative estimate of drug-likeness (QED) is 0.528. The van der Waals surface area contributed by atoms with Crippen molar-refractivity contribution in [3.8, 4) is 0 Å². The summed E-state index contributed by atoms with van der Waals surface area (Å²) in [6, 6.07) is 8.00. The number of nitrogens with zero attached hydrogens (tertiary/aromatic N) is 2. The highest BCUT2D eigenvalue weighted by atomic mass is 15.1. The van der Waals surface area contributed by atoms with Crippen molar-refractivity contribution in [2.24, 2.45) is 4.99 Å². The molecular formula is C16H20N2. The molecule has 94 valence electrons. The molecule has 0 aliphatic rings. The molecule has 18 heavy (non-hydrogen) atoms. The molecule has 0 radical (unpaired) electrons. The first kappa shape index (κ1) is 14.0. The van der Waals surface area contributed by atoms with Gasteiger partial charge in [0.25, 0.3) is 0 Å². The molecule has 0 spiro atoms. The summed E-state index contributed by atoms with van der Waals surface area (Å²) in [6.45, 7) is 12.3. The van der Waals surface area contributed by atoms with E-state index in [2.05, 4.69) is 42.3 Å². The summed E-state index contributed by atoms with van der Waals surface area (Å²) in [5.74, 6) is 0. The number of benzene rings is 1. The third-order valence-corrected chi connectivity index (χ3v) is 2.67. The van der Waals surface area contributed by atoms with E-state index in [-0.39, 0.29) is 0 Å². The first-order chi connectivity index (χ1) is 8.78. The molecule has 0 saturated carbocycles. The Hall–Kier alpha value is -2.09. The first-order valence-corrected chi connectivity index (χ1v) is 6.07. The molecule has 0 atom stereocenters. The number of likely N-dealkylation sites (N-methyl/N-ethyl adjacent to an activating group) is 1. The summed E-state index contributed by atoms with van der Waals surface area (Å²) in [4.78, 5) is 6.27. The summed E-state index contributed by atoms with van der Waals surface area (Å²) in [5.41, 5.74) is 3.08. The van der Waals surface area contributed by atoms with Gasteiger partial charge < -0.3 is 4.90 Å². The first-order valence-electron chi connectivity index (χ1n) is 6.07. The minimum absolute atomic E-state index is 0.869. The van der Waals surface area contributed by atoms with Crippen molar-refractivity contribution in [2.75, 3.05) is 11.4 Å². The van der Waals surface area contributed by atoms with Gasteiger partial charge in [-0.3, -0.25) is 4.99 Å². The molecule has 0 aliphatic heterocycles. The second-order valence-corrected chi connectivity index (χ2v) is 3.70. The fraction of sp³-hybridized carbons (Fsp3) is 0.188. The van der Waals surface area contributed by atoms with Crippen LogP contribution < -0.4 is 4.90 Å². The predicted octanol–water partition coefficient (Wildman–Crippen LogP) is 4.49. The molecule has 1 aromatic carbocycles. The maximum atomic E-state index is 4.07. The van der Waals surface area contributed by atoms with Crippen LogP contribution in [-0.2, 0) is 0 Å². The Kier molecular flexibility index (Phi) is 5.65. The maximum Gasteiger partial charge on any atom is 0.0859 e. The van der Waals surface area contributed by atoms with E-state index >= 15 is 0 Å². The maximum absolute atomic E-state index is 4.07. The molecule has 1 aromatic rings. The van der Waals surface area contributed by atoms with Crippen molar-refractivity contribution < 1.29 is 0 Å². The molecule has 0 saturated heterocycles. The van der Waals surface area contributed by atoms with Crippen molar-refractivity contribution in [3.63, 3.8) is 0 Å². The molecule has 0 heterocycles. The summed E-state index contributed by atoms with van der Waals surface area (Å²) >= 11 is 0. The average molecular weight is 240 g/mol. The number of aliphatic imine (C=N–C) groups is 1. The Labute approximate surface area is 110 Å². The normalized spacial score (nSPS) is 11.6. The highest BCUT2D eigenvalue weighted by Gasteiger charge is 2.10. The Morgan fingerprint density at radius 1 is 1.39 bits per heavy atom. The van der Waals surface area contributed by atoms with E-state index in [9.17, 15) is 0 Å². The Morgan fingerprint density at radius 3 is 2.67 bits per heavy atom. The summed E-state index contributed by atoms with van der Waals surface area (Å²) in [6.07, 6.45) is 7.82. The minimum atomic E-state index is 0.869. The lowest BCUT2D eigenvalue weighted by molar-refractivity contribution is 0.975. The van der Waals surface area contributed by atoms with Gasteiger partial charge in [0.1, 0.15) is 0 Å². The van der Waals surface area contributed by atoms with E-state index in [1.54, 1.807) is 6.08 Å². The standard InChI is InChI=1S/C16H20N2/c1-5-8-11-14(6-2)18(7-3)16-13-10-9-12-15(16)17-4/h5-6,8-13H,1,4,7H2,2-3H3/b11-8-,14-6+. The number of para-hydroxylation sites is 2. The molecule has 0 N–H and O–H groups in total. The topological polar surface area (TPSA) is 15.6 Å². The van der Waals surface area contributed by atoms with Crippen molar-refractivity contribution in [2.45, 2.75) is 13.8 Å². The molecule has 0 fully saturated rings. The van der Waals surface area contributed by atoms with Gasteiger partial charge in [-0.1, -0.05) is 36.9 Å². The molecule has 2 nitrogen and oxygen atoms in total. The summed E-state index contributed by atoms with van der Waals surface area (Å²) in [7, 11) is 0. The smallest absolute Gasteiger partial charge is 0.0859 e. The molecule has 0 aromatic heterocycles. The molecule has 0 bridgehead atoms. The zero-order valence-corrected chi connectivity index (χ0v) is 11.1. The Morgan fingerprint density at radius 2 is 2.11 bits per heavy atom. The number of allylic oxidation sites excluding steroid dienone is 4. The molecule has 0 unspecified atom stereocenters. The van der Waals surface area contributed by atoms with Gasteiger partial charge in [0, 0.05) is 12.2 Å². The van der Waals surface area contributed by atoms with Crippen LogP contribution in [0.2, 0.25) is 0 Å². The fourth-order valence-electron chi connectivity index (χ4n) is 1.83. The number of hydrogen-bond acceptors (Lipinski definition) is 2. The van der Waals surface area contributed by atoms with Gasteiger partial charge in [-0.05, 0) is 38.8 Å². The second kappa shape index (κ2) is 7.28. The second-order valence-electron chi connectivity index (χ2n) is 3.70. The predicted molar refractivity (Wildman–Crippen MR) is 81.8 cm³/mol. The van der Waals surface area contributed by atoms with Crippen molar-refractivity contribution in [3.05, 3.63) is 60.8 Å². The van der Waals surface area contributed by atoms with E-state index in [1.165, 1.54) is 0 Å². The minimum Gasteiger partial charge on any atom is -0.340 e. The molecule has 0 amide bonds. The number of hydrogen-bond donors (Lipinski definition) is 0. The van der Waals surface area contributed by atoms with E-state index in [0.717, 1.165) is 23.6 Å². The van der Waals surface area contributed by atoms with Crippen LogP contribution >= 0.6 is 0 Å². The monoisotopic (exact) mass is 240 g/mol. The number of anilines is 1. The fourth-order valence-corrected chi connectivity index (χ4v) is 1.83. The average Bonchev–Trinajstić information content (AvgIpc) is 2.43. The van der Waals surface area contributed by atoms with Crippen molar-refractivity contribution >= 4 is 18.1 Å². The zero-order valence-electron chi connectivity index (χ0n) is 11.1. The van der Waals surface area contributed by atoms with Gasteiger partial charge in [-0.2, -0.15) is 0 Å². The molecule has 0 aliphatic carbocycles. The number of rotatable bonds is 6. The lowest BCUT2D eigenvalue weighted by Gasteiger charge is -2.25. The molecule has 2 heteroatoms. The molecule has 1 rings (SSSR count). The largest absolute Gasteiger partial charge is 0.340 e. The van der Waals surface area contributed by atoms with Gasteiger partial charge in [0.15, 0.2) is 0 Å². The van der Waals surface area contributed by atoms with Gasteiger partial charge in [-0.15, -0.1) is 0 Å². The highest BCUT2D eigenvalue weighted by Crippen LogP contribution is 2.30. The zero-order chi connectivity index (χ0) is 13.4. The van der Waals surface area contributed by atoms with Crippen molar-refractivity contribution in [1.29, 1.82) is 0 Å². The van der Waals surface area contributed by atoms with Crippen LogP contribution in [0.5, 0.6) is 0 Å². The van der Waals surface area contributed by atoms with E-state index in [0.29, 0.717) is 0 Å². The summed E-state index contributed by atoms with van der Waals surface area (Å²) < 4.78 is 0. The Bertz CT molecular complexity index is 470. The van der Waals surface area contributed by atoms with Crippen LogP contribution in [0.3, 0.4) is 0 Å². The van der Waals surface area contributed by atoms with E-state index in [1.807, 2.05) is 37.3 Å². The van der Waals surface area contributed by atoms with E-state index < -0.39 is 0 Å². The van der Waals surface area contributed by atoms with Gasteiger partial charge >= 0.3 is 0 Å². The van der Waals surface area contributed by atoms with E-state index in [4.69, 9.17) is 0 Å². The van der Waals surface area contributed by atoms with Crippen LogP contribution in [0, 0.1) is 0 Å². The lowest BCUT2D eigenvalue weighted by Crippen LogP contribution is -2.20. The molecular weight excluding hydrogens is 220 g/mol. The Balaban J connectivity index is 3.19. The van der Waals surface area contributed by atoms with Crippen LogP contribution in [-0.4, -0.2) is 13.3 Å². The van der Waals surface area contributed by atoms with Crippen LogP contribution in [0.1, 0.15) is 13.8 Å². The third-order valence-electron chi connectivity index (χ3n) is 2.67. The summed E-state index contributed by atoms with van der Waals surface area (Å²) in [5, 5.41) is 0. The van der Waals surface area contributed by atoms with Crippen LogP contribution in [0.25, 0.3) is 0 Å². The van der Waals surface area contributed by atoms with Gasteiger partial charge in [0.2, 0.25) is 0 Å². The lowest BCUT2D eigenvalue weighted by atomic mass is 10.2. The van der Waals surface area contributed by atoms with Crippen LogP contribution in [0.4, 0.5) is 11.4 Å². The highest BCUT2D eigenvalue weighted by molar-refractivity contribution is 5.71. The van der Waals surface area contributed by atoms with Crippen LogP contribution in [0.15, 0.2) is 65.8 Å². The SMILES string of the molecule is C=C/C=C\C(=C/C)N(CC)c1ccccc1N=C. The third kappa shape index (κ3) is 3.20. The van der Waals surface area contributed by atoms with Crippen molar-refractivity contribution in [1.82, 2.24) is 0 Å². The van der Waals surface area contributed by atoms with Gasteiger partial charge in [0.05, 0.1) is 11.4 Å².